The van der Waals surface area contributed by atoms with E-state index in [1.54, 1.807) is 6.33 Å². The fourth-order valence-corrected chi connectivity index (χ4v) is 4.35. The third-order valence-electron chi connectivity index (χ3n) is 5.07. The zero-order valence-electron chi connectivity index (χ0n) is 14.2. The molecule has 4 rings (SSSR count). The summed E-state index contributed by atoms with van der Waals surface area (Å²) in [6.07, 6.45) is 3.62. The van der Waals surface area contributed by atoms with Gasteiger partial charge in [-0.25, -0.2) is 15.0 Å². The molecule has 6 heteroatoms. The second-order valence-corrected chi connectivity index (χ2v) is 7.41. The molecule has 0 unspecified atom stereocenters. The van der Waals surface area contributed by atoms with E-state index in [2.05, 4.69) is 61.6 Å². The molecule has 128 valence electrons. The topological polar surface area (TPSA) is 67.9 Å². The highest BCUT2D eigenvalue weighted by molar-refractivity contribution is 7.13. The molecule has 3 aromatic rings. The number of aryl methyl sites for hydroxylation is 1. The van der Waals surface area contributed by atoms with Crippen molar-refractivity contribution in [1.29, 1.82) is 0 Å². The molecule has 1 saturated heterocycles. The van der Waals surface area contributed by atoms with E-state index in [1.165, 1.54) is 16.9 Å². The fraction of sp³-hybridized carbons (Fsp3) is 0.316. The number of thiazole rings is 1. The first kappa shape index (κ1) is 16.0. The van der Waals surface area contributed by atoms with E-state index < -0.39 is 0 Å². The molecule has 2 aromatic heterocycles. The van der Waals surface area contributed by atoms with Crippen molar-refractivity contribution in [1.82, 2.24) is 15.0 Å². The molecule has 0 amide bonds. The molecule has 0 aliphatic carbocycles. The van der Waals surface area contributed by atoms with Crippen LogP contribution in [0.3, 0.4) is 0 Å². The Bertz CT molecular complexity index is 853. The summed E-state index contributed by atoms with van der Waals surface area (Å²) in [5, 5.41) is 2.76. The van der Waals surface area contributed by atoms with Gasteiger partial charge in [0.05, 0.1) is 5.69 Å². The van der Waals surface area contributed by atoms with E-state index in [1.807, 2.05) is 6.92 Å². The number of aromatic nitrogens is 3. The number of piperidine rings is 1. The van der Waals surface area contributed by atoms with E-state index in [0.717, 1.165) is 43.1 Å². The Morgan fingerprint density at radius 3 is 2.52 bits per heavy atom. The van der Waals surface area contributed by atoms with Crippen LogP contribution >= 0.6 is 11.3 Å². The van der Waals surface area contributed by atoms with Crippen molar-refractivity contribution in [2.24, 2.45) is 0 Å². The number of rotatable bonds is 3. The van der Waals surface area contributed by atoms with Gasteiger partial charge in [0.2, 0.25) is 0 Å². The van der Waals surface area contributed by atoms with Crippen LogP contribution in [0.1, 0.15) is 29.8 Å². The molecule has 1 aliphatic heterocycles. The van der Waals surface area contributed by atoms with Crippen LogP contribution in [0.2, 0.25) is 0 Å². The molecule has 2 N–H and O–H groups in total. The van der Waals surface area contributed by atoms with Gasteiger partial charge < -0.3 is 10.6 Å². The normalized spacial score (nSPS) is 16.8. The Labute approximate surface area is 151 Å². The van der Waals surface area contributed by atoms with Crippen LogP contribution in [0.25, 0.3) is 0 Å². The molecular formula is C19H21N5S. The monoisotopic (exact) mass is 351 g/mol. The number of hydrogen-bond acceptors (Lipinski definition) is 6. The molecule has 1 fully saturated rings. The summed E-state index contributed by atoms with van der Waals surface area (Å²) in [5.74, 6) is 1.01. The summed E-state index contributed by atoms with van der Waals surface area (Å²) in [7, 11) is 0. The van der Waals surface area contributed by atoms with Crippen LogP contribution in [0.5, 0.6) is 0 Å². The van der Waals surface area contributed by atoms with Gasteiger partial charge in [0.25, 0.3) is 0 Å². The van der Waals surface area contributed by atoms with Crippen LogP contribution in [0, 0.1) is 6.92 Å². The highest BCUT2D eigenvalue weighted by Crippen LogP contribution is 2.42. The van der Waals surface area contributed by atoms with Gasteiger partial charge in [-0.3, -0.25) is 0 Å². The van der Waals surface area contributed by atoms with Gasteiger partial charge in [-0.2, -0.15) is 0 Å². The maximum absolute atomic E-state index is 5.94. The smallest absolute Gasteiger partial charge is 0.180 e. The summed E-state index contributed by atoms with van der Waals surface area (Å²) in [4.78, 5) is 15.6. The zero-order valence-corrected chi connectivity index (χ0v) is 15.0. The molecule has 0 radical (unpaired) electrons. The molecule has 0 saturated carbocycles. The third-order valence-corrected chi connectivity index (χ3v) is 5.74. The lowest BCUT2D eigenvalue weighted by atomic mass is 9.70. The Hall–Kier alpha value is -2.47. The summed E-state index contributed by atoms with van der Waals surface area (Å²) < 4.78 is 0. The van der Waals surface area contributed by atoms with E-state index in [-0.39, 0.29) is 5.41 Å². The highest BCUT2D eigenvalue weighted by Gasteiger charge is 2.40. The number of nitrogens with two attached hydrogens (primary N) is 1. The van der Waals surface area contributed by atoms with Crippen LogP contribution in [0.4, 0.5) is 10.9 Å². The average molecular weight is 351 g/mol. The molecule has 25 heavy (non-hydrogen) atoms. The maximum Gasteiger partial charge on any atom is 0.180 e. The number of nitrogens with zero attached hydrogens (tertiary/aromatic N) is 4. The van der Waals surface area contributed by atoms with E-state index in [9.17, 15) is 0 Å². The van der Waals surface area contributed by atoms with Crippen molar-refractivity contribution in [3.8, 4) is 0 Å². The van der Waals surface area contributed by atoms with Crippen molar-refractivity contribution in [2.75, 3.05) is 23.7 Å². The Morgan fingerprint density at radius 2 is 1.88 bits per heavy atom. The van der Waals surface area contributed by atoms with E-state index in [4.69, 9.17) is 5.73 Å². The van der Waals surface area contributed by atoms with Crippen LogP contribution in [0.15, 0.2) is 48.1 Å². The minimum absolute atomic E-state index is 0.0754. The summed E-state index contributed by atoms with van der Waals surface area (Å²) in [6.45, 7) is 3.87. The maximum atomic E-state index is 5.94. The number of anilines is 2. The lowest BCUT2D eigenvalue weighted by Gasteiger charge is -2.42. The molecule has 3 heterocycles. The van der Waals surface area contributed by atoms with Crippen molar-refractivity contribution < 1.29 is 0 Å². The second-order valence-electron chi connectivity index (χ2n) is 6.52. The molecule has 1 aromatic carbocycles. The molecule has 1 aliphatic rings. The predicted molar refractivity (Wildman–Crippen MR) is 102 cm³/mol. The van der Waals surface area contributed by atoms with E-state index in [0.29, 0.717) is 5.13 Å². The molecule has 0 spiro atoms. The van der Waals surface area contributed by atoms with Gasteiger partial charge in [-0.05, 0) is 25.3 Å². The first-order valence-electron chi connectivity index (χ1n) is 8.48. The second kappa shape index (κ2) is 6.44. The number of benzene rings is 1. The number of nitrogen functional groups attached to an aromatic ring is 1. The number of hydrogen-bond donors (Lipinski definition) is 1. The van der Waals surface area contributed by atoms with Crippen LogP contribution < -0.4 is 10.6 Å². The van der Waals surface area contributed by atoms with Gasteiger partial charge in [0.15, 0.2) is 5.13 Å². The minimum atomic E-state index is -0.0754. The van der Waals surface area contributed by atoms with E-state index >= 15 is 0 Å². The predicted octanol–water partition coefficient (Wildman–Crippen LogP) is 3.41. The quantitative estimate of drug-likeness (QED) is 0.783. The Morgan fingerprint density at radius 1 is 1.12 bits per heavy atom. The van der Waals surface area contributed by atoms with Gasteiger partial charge in [0, 0.05) is 35.6 Å². The Balaban J connectivity index is 1.66. The van der Waals surface area contributed by atoms with Gasteiger partial charge in [-0.1, -0.05) is 30.3 Å². The van der Waals surface area contributed by atoms with Crippen molar-refractivity contribution in [2.45, 2.75) is 25.2 Å². The fourth-order valence-electron chi connectivity index (χ4n) is 3.69. The SMILES string of the molecule is Cc1cc(N2CCC(c3ccccc3)(c3csc(N)n3)CC2)ncn1. The van der Waals surface area contributed by atoms with Gasteiger partial charge >= 0.3 is 0 Å². The highest BCUT2D eigenvalue weighted by atomic mass is 32.1. The van der Waals surface area contributed by atoms with Gasteiger partial charge in [0.1, 0.15) is 12.1 Å². The van der Waals surface area contributed by atoms with Crippen molar-refractivity contribution >= 4 is 22.3 Å². The minimum Gasteiger partial charge on any atom is -0.375 e. The first-order valence-corrected chi connectivity index (χ1v) is 9.36. The molecular weight excluding hydrogens is 330 g/mol. The van der Waals surface area contributed by atoms with Crippen molar-refractivity contribution in [3.05, 3.63) is 65.1 Å². The third kappa shape index (κ3) is 2.98. The van der Waals surface area contributed by atoms with Gasteiger partial charge in [-0.15, -0.1) is 11.3 Å². The first-order chi connectivity index (χ1) is 12.2. The molecule has 0 bridgehead atoms. The lowest BCUT2D eigenvalue weighted by molar-refractivity contribution is 0.384. The standard InChI is InChI=1S/C19H21N5S/c1-14-11-17(22-13-21-14)24-9-7-19(8-10-24,15-5-3-2-4-6-15)16-12-25-18(20)23-16/h2-6,11-13H,7-10H2,1H3,(H2,20,23). The lowest BCUT2D eigenvalue weighted by Crippen LogP contribution is -2.44. The zero-order chi connectivity index (χ0) is 17.3. The summed E-state index contributed by atoms with van der Waals surface area (Å²) in [5.41, 5.74) is 9.27. The Kier molecular flexibility index (Phi) is 4.13. The summed E-state index contributed by atoms with van der Waals surface area (Å²) in [6, 6.07) is 12.7. The van der Waals surface area contributed by atoms with Crippen molar-refractivity contribution in [3.63, 3.8) is 0 Å². The average Bonchev–Trinajstić information content (AvgIpc) is 3.09. The molecule has 5 nitrogen and oxygen atoms in total. The largest absolute Gasteiger partial charge is 0.375 e. The van der Waals surface area contributed by atoms with Crippen LogP contribution in [-0.4, -0.2) is 28.0 Å². The molecule has 0 atom stereocenters. The summed E-state index contributed by atoms with van der Waals surface area (Å²) >= 11 is 1.52. The van der Waals surface area contributed by atoms with Crippen LogP contribution in [-0.2, 0) is 5.41 Å².